The number of carbonyl (C=O) groups is 1. The summed E-state index contributed by atoms with van der Waals surface area (Å²) in [5, 5.41) is 8.78. The Bertz CT molecular complexity index is 497. The molecule has 7 heteroatoms. The number of halogens is 1. The Morgan fingerprint density at radius 3 is 2.53 bits per heavy atom. The minimum Gasteiger partial charge on any atom is -0.478 e. The van der Waals surface area contributed by atoms with Crippen molar-refractivity contribution in [3.05, 3.63) is 28.2 Å². The van der Waals surface area contributed by atoms with Gasteiger partial charge in [-0.1, -0.05) is 0 Å². The zero-order valence-corrected chi connectivity index (χ0v) is 10.1. The standard InChI is InChI=1S/C8H8BrNO4S/c1-15(13,14)10-5-2-3-7(9)6(4-5)8(11)12/h2-4,10H,1H3,(H,11,12). The second-order valence-corrected chi connectivity index (χ2v) is 5.48. The number of sulfonamides is 1. The van der Waals surface area contributed by atoms with Crippen LogP contribution in [0.2, 0.25) is 0 Å². The van der Waals surface area contributed by atoms with Crippen molar-refractivity contribution in [2.45, 2.75) is 0 Å². The molecule has 0 unspecified atom stereocenters. The van der Waals surface area contributed by atoms with E-state index in [9.17, 15) is 13.2 Å². The fraction of sp³-hybridized carbons (Fsp3) is 0.125. The Labute approximate surface area is 95.3 Å². The third kappa shape index (κ3) is 3.52. The summed E-state index contributed by atoms with van der Waals surface area (Å²) in [6.45, 7) is 0. The molecule has 0 atom stereocenters. The number of hydrogen-bond donors (Lipinski definition) is 2. The smallest absolute Gasteiger partial charge is 0.336 e. The van der Waals surface area contributed by atoms with Gasteiger partial charge in [0.2, 0.25) is 10.0 Å². The van der Waals surface area contributed by atoms with Gasteiger partial charge in [0.1, 0.15) is 0 Å². The van der Waals surface area contributed by atoms with Crippen LogP contribution < -0.4 is 4.72 Å². The van der Waals surface area contributed by atoms with Crippen molar-refractivity contribution in [3.8, 4) is 0 Å². The average Bonchev–Trinajstić information content (AvgIpc) is 2.05. The van der Waals surface area contributed by atoms with Crippen LogP contribution in [0.25, 0.3) is 0 Å². The van der Waals surface area contributed by atoms with Crippen molar-refractivity contribution < 1.29 is 18.3 Å². The molecule has 15 heavy (non-hydrogen) atoms. The summed E-state index contributed by atoms with van der Waals surface area (Å²) in [6.07, 6.45) is 0.996. The Kier molecular flexibility index (Phi) is 3.35. The Hall–Kier alpha value is -1.08. The highest BCUT2D eigenvalue weighted by molar-refractivity contribution is 9.10. The SMILES string of the molecule is CS(=O)(=O)Nc1ccc(Br)c(C(=O)O)c1. The van der Waals surface area contributed by atoms with E-state index in [1.165, 1.54) is 18.2 Å². The molecule has 0 amide bonds. The number of carboxylic acids is 1. The van der Waals surface area contributed by atoms with E-state index in [4.69, 9.17) is 5.11 Å². The number of carboxylic acid groups (broad SMARTS) is 1. The van der Waals surface area contributed by atoms with Gasteiger partial charge in [-0.25, -0.2) is 13.2 Å². The third-order valence-electron chi connectivity index (χ3n) is 1.50. The first kappa shape index (κ1) is 12.0. The van der Waals surface area contributed by atoms with Crippen LogP contribution in [0.15, 0.2) is 22.7 Å². The van der Waals surface area contributed by atoms with Crippen LogP contribution in [-0.2, 0) is 10.0 Å². The quantitative estimate of drug-likeness (QED) is 0.885. The van der Waals surface area contributed by atoms with Crippen LogP contribution in [0.5, 0.6) is 0 Å². The lowest BCUT2D eigenvalue weighted by atomic mass is 10.2. The average molecular weight is 294 g/mol. The number of rotatable bonds is 3. The van der Waals surface area contributed by atoms with Crippen LogP contribution in [0.1, 0.15) is 10.4 Å². The monoisotopic (exact) mass is 293 g/mol. The minimum atomic E-state index is -3.39. The lowest BCUT2D eigenvalue weighted by molar-refractivity contribution is 0.0696. The highest BCUT2D eigenvalue weighted by atomic mass is 79.9. The molecule has 0 aliphatic heterocycles. The topological polar surface area (TPSA) is 83.5 Å². The van der Waals surface area contributed by atoms with E-state index in [0.29, 0.717) is 4.47 Å². The molecule has 1 rings (SSSR count). The number of aromatic carboxylic acids is 1. The number of benzene rings is 1. The van der Waals surface area contributed by atoms with Crippen molar-refractivity contribution in [2.75, 3.05) is 11.0 Å². The molecule has 0 fully saturated rings. The van der Waals surface area contributed by atoms with Gasteiger partial charge in [0, 0.05) is 10.2 Å². The Morgan fingerprint density at radius 2 is 2.07 bits per heavy atom. The molecule has 5 nitrogen and oxygen atoms in total. The highest BCUT2D eigenvalue weighted by Gasteiger charge is 2.10. The van der Waals surface area contributed by atoms with E-state index < -0.39 is 16.0 Å². The highest BCUT2D eigenvalue weighted by Crippen LogP contribution is 2.21. The predicted octanol–water partition coefficient (Wildman–Crippen LogP) is 1.52. The second-order valence-electron chi connectivity index (χ2n) is 2.87. The molecule has 1 aromatic carbocycles. The van der Waals surface area contributed by atoms with E-state index in [1.807, 2.05) is 0 Å². The predicted molar refractivity (Wildman–Crippen MR) is 59.6 cm³/mol. The van der Waals surface area contributed by atoms with Crippen LogP contribution in [0.3, 0.4) is 0 Å². The Balaban J connectivity index is 3.14. The summed E-state index contributed by atoms with van der Waals surface area (Å²) in [6, 6.07) is 4.18. The van der Waals surface area contributed by atoms with Crippen LogP contribution in [0, 0.1) is 0 Å². The molecular formula is C8H8BrNO4S. The van der Waals surface area contributed by atoms with Gasteiger partial charge in [0.15, 0.2) is 0 Å². The van der Waals surface area contributed by atoms with Crippen LogP contribution in [0.4, 0.5) is 5.69 Å². The van der Waals surface area contributed by atoms with E-state index in [1.54, 1.807) is 0 Å². The van der Waals surface area contributed by atoms with Crippen molar-refractivity contribution in [3.63, 3.8) is 0 Å². The van der Waals surface area contributed by atoms with Gasteiger partial charge >= 0.3 is 5.97 Å². The summed E-state index contributed by atoms with van der Waals surface area (Å²) >= 11 is 3.05. The second kappa shape index (κ2) is 4.19. The molecular weight excluding hydrogens is 286 g/mol. The molecule has 0 aromatic heterocycles. The van der Waals surface area contributed by atoms with Crippen molar-refractivity contribution in [1.82, 2.24) is 0 Å². The van der Waals surface area contributed by atoms with Gasteiger partial charge in [-0.3, -0.25) is 4.72 Å². The normalized spacial score (nSPS) is 11.1. The summed E-state index contributed by atoms with van der Waals surface area (Å²) < 4.78 is 24.4. The molecule has 82 valence electrons. The van der Waals surface area contributed by atoms with Crippen molar-refractivity contribution in [1.29, 1.82) is 0 Å². The number of anilines is 1. The van der Waals surface area contributed by atoms with Crippen molar-refractivity contribution >= 4 is 37.6 Å². The minimum absolute atomic E-state index is 0.00338. The number of nitrogens with one attached hydrogen (secondary N) is 1. The molecule has 0 saturated carbocycles. The first-order valence-electron chi connectivity index (χ1n) is 3.80. The molecule has 0 radical (unpaired) electrons. The molecule has 0 aliphatic carbocycles. The molecule has 0 heterocycles. The summed E-state index contributed by atoms with van der Waals surface area (Å²) in [7, 11) is -3.39. The zero-order valence-electron chi connectivity index (χ0n) is 7.69. The Morgan fingerprint density at radius 1 is 1.47 bits per heavy atom. The zero-order chi connectivity index (χ0) is 11.6. The first-order chi connectivity index (χ1) is 6.79. The number of hydrogen-bond acceptors (Lipinski definition) is 3. The molecule has 0 spiro atoms. The van der Waals surface area contributed by atoms with Gasteiger partial charge in [-0.2, -0.15) is 0 Å². The van der Waals surface area contributed by atoms with Crippen LogP contribution in [-0.4, -0.2) is 25.7 Å². The lowest BCUT2D eigenvalue weighted by Crippen LogP contribution is -2.10. The van der Waals surface area contributed by atoms with E-state index >= 15 is 0 Å². The van der Waals surface area contributed by atoms with Crippen molar-refractivity contribution in [2.24, 2.45) is 0 Å². The van der Waals surface area contributed by atoms with Crippen LogP contribution >= 0.6 is 15.9 Å². The van der Waals surface area contributed by atoms with Gasteiger partial charge in [-0.15, -0.1) is 0 Å². The van der Waals surface area contributed by atoms with Gasteiger partial charge in [-0.05, 0) is 34.1 Å². The van der Waals surface area contributed by atoms with Gasteiger partial charge in [0.05, 0.1) is 11.8 Å². The van der Waals surface area contributed by atoms with Gasteiger partial charge in [0.25, 0.3) is 0 Å². The maximum atomic E-state index is 10.9. The maximum Gasteiger partial charge on any atom is 0.336 e. The lowest BCUT2D eigenvalue weighted by Gasteiger charge is -2.05. The third-order valence-corrected chi connectivity index (χ3v) is 2.80. The maximum absolute atomic E-state index is 10.9. The summed E-state index contributed by atoms with van der Waals surface area (Å²) in [4.78, 5) is 10.7. The molecule has 0 aliphatic rings. The summed E-state index contributed by atoms with van der Waals surface area (Å²) in [5.74, 6) is -1.13. The molecule has 0 bridgehead atoms. The first-order valence-corrected chi connectivity index (χ1v) is 6.48. The largest absolute Gasteiger partial charge is 0.478 e. The molecule has 0 saturated heterocycles. The van der Waals surface area contributed by atoms with E-state index in [0.717, 1.165) is 6.26 Å². The molecule has 1 aromatic rings. The fourth-order valence-electron chi connectivity index (χ4n) is 0.967. The van der Waals surface area contributed by atoms with E-state index in [-0.39, 0.29) is 11.3 Å². The van der Waals surface area contributed by atoms with E-state index in [2.05, 4.69) is 20.7 Å². The fourth-order valence-corrected chi connectivity index (χ4v) is 1.94. The molecule has 2 N–H and O–H groups in total. The van der Waals surface area contributed by atoms with Gasteiger partial charge < -0.3 is 5.11 Å². The summed E-state index contributed by atoms with van der Waals surface area (Å²) in [5.41, 5.74) is 0.224.